The average Bonchev–Trinajstić information content (AvgIpc) is 2.89. The zero-order chi connectivity index (χ0) is 28.1. The highest BCUT2D eigenvalue weighted by Gasteiger charge is 2.14. The van der Waals surface area contributed by atoms with Gasteiger partial charge in [0.15, 0.2) is 0 Å². The van der Waals surface area contributed by atoms with Crippen LogP contribution in [0.25, 0.3) is 0 Å². The molecular weight excluding hydrogens is 478 g/mol. The number of carboxylic acids is 1. The standard InChI is InChI=1S/C32H63NO5/c1-3-5-7-8-11-17-23-30(22-16-6-4-2)38-32(37)25-19-13-10-15-21-27-33(28-29-34)26-20-14-9-12-18-24-31(35)36/h30,34H,3-29H2,1-2H3,(H,35,36). The highest BCUT2D eigenvalue weighted by atomic mass is 16.5. The van der Waals surface area contributed by atoms with Crippen molar-refractivity contribution in [3.05, 3.63) is 0 Å². The lowest BCUT2D eigenvalue weighted by atomic mass is 10.0. The third-order valence-corrected chi connectivity index (χ3v) is 7.44. The second-order valence-electron chi connectivity index (χ2n) is 11.2. The number of hydrogen-bond acceptors (Lipinski definition) is 5. The van der Waals surface area contributed by atoms with E-state index in [1.807, 2.05) is 0 Å². The molecule has 226 valence electrons. The minimum Gasteiger partial charge on any atom is -0.481 e. The Morgan fingerprint density at radius 1 is 0.605 bits per heavy atom. The number of nitrogens with zero attached hydrogens (tertiary/aromatic N) is 1. The van der Waals surface area contributed by atoms with Gasteiger partial charge in [-0.3, -0.25) is 9.59 Å². The fourth-order valence-corrected chi connectivity index (χ4v) is 5.04. The number of rotatable bonds is 30. The van der Waals surface area contributed by atoms with Gasteiger partial charge in [0.25, 0.3) is 0 Å². The van der Waals surface area contributed by atoms with Gasteiger partial charge in [-0.1, -0.05) is 97.3 Å². The molecule has 0 spiro atoms. The number of carbonyl (C=O) groups is 2. The van der Waals surface area contributed by atoms with Gasteiger partial charge in [0.2, 0.25) is 0 Å². The van der Waals surface area contributed by atoms with Crippen LogP contribution in [0.3, 0.4) is 0 Å². The highest BCUT2D eigenvalue weighted by molar-refractivity contribution is 5.69. The first-order valence-corrected chi connectivity index (χ1v) is 16.3. The summed E-state index contributed by atoms with van der Waals surface area (Å²) >= 11 is 0. The van der Waals surface area contributed by atoms with Crippen LogP contribution in [-0.2, 0) is 14.3 Å². The van der Waals surface area contributed by atoms with Gasteiger partial charge in [-0.2, -0.15) is 0 Å². The fourth-order valence-electron chi connectivity index (χ4n) is 5.04. The van der Waals surface area contributed by atoms with Gasteiger partial charge < -0.3 is 19.8 Å². The summed E-state index contributed by atoms with van der Waals surface area (Å²) < 4.78 is 5.89. The first-order chi connectivity index (χ1) is 18.5. The molecule has 0 amide bonds. The summed E-state index contributed by atoms with van der Waals surface area (Å²) in [6.07, 6.45) is 24.7. The first-order valence-electron chi connectivity index (χ1n) is 16.3. The molecule has 0 fully saturated rings. The van der Waals surface area contributed by atoms with Crippen LogP contribution >= 0.6 is 0 Å². The first kappa shape index (κ1) is 36.9. The van der Waals surface area contributed by atoms with Crippen molar-refractivity contribution in [2.24, 2.45) is 0 Å². The van der Waals surface area contributed by atoms with Crippen LogP contribution in [0.2, 0.25) is 0 Å². The maximum Gasteiger partial charge on any atom is 0.306 e. The third-order valence-electron chi connectivity index (χ3n) is 7.44. The zero-order valence-corrected chi connectivity index (χ0v) is 25.2. The molecule has 0 rings (SSSR count). The molecule has 0 saturated heterocycles. The van der Waals surface area contributed by atoms with Crippen LogP contribution in [0.5, 0.6) is 0 Å². The zero-order valence-electron chi connectivity index (χ0n) is 25.2. The molecule has 0 bridgehead atoms. The van der Waals surface area contributed by atoms with Crippen LogP contribution in [0.15, 0.2) is 0 Å². The van der Waals surface area contributed by atoms with Crippen LogP contribution in [0.1, 0.15) is 162 Å². The van der Waals surface area contributed by atoms with Gasteiger partial charge in [-0.05, 0) is 64.5 Å². The van der Waals surface area contributed by atoms with Gasteiger partial charge in [0.05, 0.1) is 6.61 Å². The predicted octanol–water partition coefficient (Wildman–Crippen LogP) is 8.29. The summed E-state index contributed by atoms with van der Waals surface area (Å²) in [5.41, 5.74) is 0. The summed E-state index contributed by atoms with van der Waals surface area (Å²) in [7, 11) is 0. The number of hydrogen-bond donors (Lipinski definition) is 2. The average molecular weight is 542 g/mol. The van der Waals surface area contributed by atoms with E-state index in [-0.39, 0.29) is 25.1 Å². The molecule has 0 aliphatic rings. The van der Waals surface area contributed by atoms with Crippen LogP contribution in [0, 0.1) is 0 Å². The van der Waals surface area contributed by atoms with Crippen LogP contribution in [-0.4, -0.2) is 59.4 Å². The Bertz CT molecular complexity index is 528. The summed E-state index contributed by atoms with van der Waals surface area (Å²) in [6, 6.07) is 0. The van der Waals surface area contributed by atoms with E-state index in [9.17, 15) is 14.7 Å². The summed E-state index contributed by atoms with van der Waals surface area (Å²) in [5, 5.41) is 18.0. The summed E-state index contributed by atoms with van der Waals surface area (Å²) in [6.45, 7) is 7.40. The van der Waals surface area contributed by atoms with E-state index in [0.29, 0.717) is 6.42 Å². The summed E-state index contributed by atoms with van der Waals surface area (Å²) in [4.78, 5) is 25.3. The molecule has 38 heavy (non-hydrogen) atoms. The molecule has 2 N–H and O–H groups in total. The van der Waals surface area contributed by atoms with E-state index < -0.39 is 5.97 Å². The second kappa shape index (κ2) is 28.9. The Morgan fingerprint density at radius 2 is 1.05 bits per heavy atom. The molecule has 0 aliphatic heterocycles. The molecule has 0 aromatic heterocycles. The fraction of sp³-hybridized carbons (Fsp3) is 0.938. The number of aliphatic hydroxyl groups is 1. The SMILES string of the molecule is CCCCCCCCC(CCCCC)OC(=O)CCCCCCCN(CCO)CCCCCCCC(=O)O. The van der Waals surface area contributed by atoms with E-state index >= 15 is 0 Å². The van der Waals surface area contributed by atoms with Crippen LogP contribution < -0.4 is 0 Å². The minimum absolute atomic E-state index is 0.00503. The Morgan fingerprint density at radius 3 is 1.61 bits per heavy atom. The molecule has 0 aromatic carbocycles. The molecule has 0 saturated carbocycles. The van der Waals surface area contributed by atoms with Gasteiger partial charge in [0, 0.05) is 19.4 Å². The highest BCUT2D eigenvalue weighted by Crippen LogP contribution is 2.17. The van der Waals surface area contributed by atoms with Gasteiger partial charge in [-0.25, -0.2) is 0 Å². The van der Waals surface area contributed by atoms with Gasteiger partial charge in [-0.15, -0.1) is 0 Å². The number of carboxylic acid groups (broad SMARTS) is 1. The molecular formula is C32H63NO5. The number of ether oxygens (including phenoxy) is 1. The lowest BCUT2D eigenvalue weighted by Gasteiger charge is -2.21. The van der Waals surface area contributed by atoms with E-state index in [4.69, 9.17) is 9.84 Å². The second-order valence-corrected chi connectivity index (χ2v) is 11.2. The van der Waals surface area contributed by atoms with Crippen LogP contribution in [0.4, 0.5) is 0 Å². The molecule has 0 aromatic rings. The smallest absolute Gasteiger partial charge is 0.306 e. The maximum atomic E-state index is 12.4. The number of unbranched alkanes of at least 4 members (excludes halogenated alkanes) is 15. The van der Waals surface area contributed by atoms with Crippen molar-refractivity contribution < 1.29 is 24.5 Å². The van der Waals surface area contributed by atoms with Crippen molar-refractivity contribution in [1.82, 2.24) is 4.90 Å². The lowest BCUT2D eigenvalue weighted by molar-refractivity contribution is -0.150. The van der Waals surface area contributed by atoms with Crippen molar-refractivity contribution in [1.29, 1.82) is 0 Å². The monoisotopic (exact) mass is 541 g/mol. The number of aliphatic hydroxyl groups excluding tert-OH is 1. The third kappa shape index (κ3) is 26.5. The maximum absolute atomic E-state index is 12.4. The Labute approximate surface area is 235 Å². The molecule has 6 nitrogen and oxygen atoms in total. The lowest BCUT2D eigenvalue weighted by Crippen LogP contribution is -2.29. The van der Waals surface area contributed by atoms with E-state index in [1.165, 1.54) is 51.4 Å². The molecule has 6 heteroatoms. The molecule has 0 radical (unpaired) electrons. The Kier molecular flexibility index (Phi) is 28.0. The number of aliphatic carboxylic acids is 1. The molecule has 1 atom stereocenters. The van der Waals surface area contributed by atoms with Crippen molar-refractivity contribution in [2.75, 3.05) is 26.2 Å². The van der Waals surface area contributed by atoms with Gasteiger partial charge >= 0.3 is 11.9 Å². The van der Waals surface area contributed by atoms with E-state index in [2.05, 4.69) is 18.7 Å². The normalized spacial score (nSPS) is 12.2. The largest absolute Gasteiger partial charge is 0.481 e. The van der Waals surface area contributed by atoms with Crippen molar-refractivity contribution in [3.63, 3.8) is 0 Å². The number of carbonyl (C=O) groups excluding carboxylic acids is 1. The van der Waals surface area contributed by atoms with Crippen molar-refractivity contribution >= 4 is 11.9 Å². The van der Waals surface area contributed by atoms with E-state index in [1.54, 1.807) is 0 Å². The molecule has 0 heterocycles. The Hall–Kier alpha value is -1.14. The summed E-state index contributed by atoms with van der Waals surface area (Å²) in [5.74, 6) is -0.709. The number of esters is 1. The Balaban J connectivity index is 3.92. The van der Waals surface area contributed by atoms with Gasteiger partial charge in [0.1, 0.15) is 6.10 Å². The van der Waals surface area contributed by atoms with Crippen molar-refractivity contribution in [3.8, 4) is 0 Å². The molecule has 0 aliphatic carbocycles. The topological polar surface area (TPSA) is 87.1 Å². The minimum atomic E-state index is -0.704. The quantitative estimate of drug-likeness (QED) is 0.0702. The molecule has 1 unspecified atom stereocenters. The predicted molar refractivity (Wildman–Crippen MR) is 159 cm³/mol. The van der Waals surface area contributed by atoms with Crippen molar-refractivity contribution in [2.45, 2.75) is 168 Å². The van der Waals surface area contributed by atoms with E-state index in [0.717, 1.165) is 103 Å².